The fourth-order valence-electron chi connectivity index (χ4n) is 1.22. The third-order valence-electron chi connectivity index (χ3n) is 2.41. The summed E-state index contributed by atoms with van der Waals surface area (Å²) < 4.78 is 0. The van der Waals surface area contributed by atoms with Crippen molar-refractivity contribution in [2.45, 2.75) is 25.6 Å². The van der Waals surface area contributed by atoms with Gasteiger partial charge in [-0.25, -0.2) is 0 Å². The molecule has 0 spiro atoms. The van der Waals surface area contributed by atoms with Crippen molar-refractivity contribution in [1.29, 1.82) is 0 Å². The van der Waals surface area contributed by atoms with Gasteiger partial charge in [-0.2, -0.15) is 0 Å². The molecule has 0 saturated carbocycles. The van der Waals surface area contributed by atoms with E-state index in [0.717, 1.165) is 12.0 Å². The maximum Gasteiger partial charge on any atom is 0.0611 e. The van der Waals surface area contributed by atoms with Crippen LogP contribution in [0.5, 0.6) is 0 Å². The summed E-state index contributed by atoms with van der Waals surface area (Å²) in [4.78, 5) is 0. The molecule has 0 aliphatic rings. The lowest BCUT2D eigenvalue weighted by atomic mass is 9.98. The molecule has 0 aliphatic carbocycles. The average molecular weight is 252 g/mol. The number of hydrogen-bond acceptors (Lipinski definition) is 0. The van der Waals surface area contributed by atoms with Gasteiger partial charge in [0.1, 0.15) is 0 Å². The Morgan fingerprint density at radius 2 is 1.86 bits per heavy atom. The number of halogens is 3. The predicted octanol–water partition coefficient (Wildman–Crippen LogP) is 5.32. The molecule has 2 unspecified atom stereocenters. The second-order valence-corrected chi connectivity index (χ2v) is 4.75. The molecule has 1 aromatic rings. The van der Waals surface area contributed by atoms with E-state index in [4.69, 9.17) is 34.8 Å². The molecule has 0 aromatic heterocycles. The van der Waals surface area contributed by atoms with Gasteiger partial charge in [0.05, 0.1) is 15.4 Å². The van der Waals surface area contributed by atoms with Gasteiger partial charge in [-0.1, -0.05) is 49.5 Å². The molecule has 0 N–H and O–H groups in total. The van der Waals surface area contributed by atoms with Crippen molar-refractivity contribution >= 4 is 34.8 Å². The zero-order chi connectivity index (χ0) is 10.7. The Balaban J connectivity index is 2.91. The third-order valence-corrected chi connectivity index (χ3v) is 3.83. The molecule has 0 nitrogen and oxygen atoms in total. The third kappa shape index (κ3) is 2.79. The Morgan fingerprint density at radius 3 is 2.36 bits per heavy atom. The Bertz CT molecular complexity index is 309. The van der Waals surface area contributed by atoms with Crippen LogP contribution < -0.4 is 0 Å². The molecule has 0 bridgehead atoms. The van der Waals surface area contributed by atoms with E-state index in [1.807, 2.05) is 12.1 Å². The van der Waals surface area contributed by atoms with Gasteiger partial charge in [-0.05, 0) is 23.6 Å². The van der Waals surface area contributed by atoms with Crippen molar-refractivity contribution in [3.63, 3.8) is 0 Å². The van der Waals surface area contributed by atoms with Gasteiger partial charge in [0.25, 0.3) is 0 Å². The van der Waals surface area contributed by atoms with Crippen LogP contribution in [0.2, 0.25) is 10.0 Å². The Kier molecular flexibility index (Phi) is 4.56. The van der Waals surface area contributed by atoms with Crippen molar-refractivity contribution in [3.05, 3.63) is 33.8 Å². The first-order valence-corrected chi connectivity index (χ1v) is 5.84. The highest BCUT2D eigenvalue weighted by Crippen LogP contribution is 2.34. The maximum atomic E-state index is 6.28. The molecule has 0 aliphatic heterocycles. The first kappa shape index (κ1) is 12.2. The van der Waals surface area contributed by atoms with Gasteiger partial charge < -0.3 is 0 Å². The highest BCUT2D eigenvalue weighted by molar-refractivity contribution is 6.42. The summed E-state index contributed by atoms with van der Waals surface area (Å²) in [5, 5.41) is 1.15. The van der Waals surface area contributed by atoms with Crippen LogP contribution >= 0.6 is 34.8 Å². The molecule has 1 rings (SSSR count). The van der Waals surface area contributed by atoms with Crippen LogP contribution in [-0.2, 0) is 0 Å². The molecule has 2 atom stereocenters. The number of alkyl halides is 1. The molecule has 0 heterocycles. The van der Waals surface area contributed by atoms with Gasteiger partial charge in [-0.3, -0.25) is 0 Å². The molecule has 0 saturated heterocycles. The van der Waals surface area contributed by atoms with Gasteiger partial charge in [0.2, 0.25) is 0 Å². The largest absolute Gasteiger partial charge is 0.118 e. The summed E-state index contributed by atoms with van der Waals surface area (Å²) in [6.07, 6.45) is 1.05. The van der Waals surface area contributed by atoms with Crippen molar-refractivity contribution in [1.82, 2.24) is 0 Å². The number of hydrogen-bond donors (Lipinski definition) is 0. The number of rotatable bonds is 3. The van der Waals surface area contributed by atoms with Gasteiger partial charge in [0, 0.05) is 0 Å². The fraction of sp³-hybridized carbons (Fsp3) is 0.455. The van der Waals surface area contributed by atoms with Crippen LogP contribution in [0, 0.1) is 5.92 Å². The van der Waals surface area contributed by atoms with Crippen LogP contribution in [0.25, 0.3) is 0 Å². The molecular weight excluding hydrogens is 238 g/mol. The Hall–Kier alpha value is 0.0900. The van der Waals surface area contributed by atoms with Crippen molar-refractivity contribution < 1.29 is 0 Å². The van der Waals surface area contributed by atoms with Gasteiger partial charge >= 0.3 is 0 Å². The molecular formula is C11H13Cl3. The number of benzene rings is 1. The van der Waals surface area contributed by atoms with Crippen LogP contribution in [0.4, 0.5) is 0 Å². The minimum Gasteiger partial charge on any atom is -0.118 e. The zero-order valence-electron chi connectivity index (χ0n) is 8.23. The van der Waals surface area contributed by atoms with Crippen molar-refractivity contribution in [2.75, 3.05) is 0 Å². The zero-order valence-corrected chi connectivity index (χ0v) is 10.5. The molecule has 1 aromatic carbocycles. The standard InChI is InChI=1S/C11H13Cl3/c1-3-7(2)11(14)8-4-5-9(12)10(13)6-8/h4-7,11H,3H2,1-2H3. The van der Waals surface area contributed by atoms with E-state index in [1.54, 1.807) is 6.07 Å². The van der Waals surface area contributed by atoms with E-state index >= 15 is 0 Å². The minimum atomic E-state index is 0.00904. The SMILES string of the molecule is CCC(C)C(Cl)c1ccc(Cl)c(Cl)c1. The average Bonchev–Trinajstić information content (AvgIpc) is 2.20. The topological polar surface area (TPSA) is 0 Å². The van der Waals surface area contributed by atoms with E-state index in [9.17, 15) is 0 Å². The summed E-state index contributed by atoms with van der Waals surface area (Å²) in [6.45, 7) is 4.25. The summed E-state index contributed by atoms with van der Waals surface area (Å²) in [5.41, 5.74) is 1.04. The van der Waals surface area contributed by atoms with Gasteiger partial charge in [-0.15, -0.1) is 11.6 Å². The fourth-order valence-corrected chi connectivity index (χ4v) is 1.84. The van der Waals surface area contributed by atoms with E-state index in [1.165, 1.54) is 0 Å². The molecule has 0 fully saturated rings. The predicted molar refractivity (Wildman–Crippen MR) is 64.5 cm³/mol. The smallest absolute Gasteiger partial charge is 0.0611 e. The van der Waals surface area contributed by atoms with E-state index < -0.39 is 0 Å². The summed E-state index contributed by atoms with van der Waals surface area (Å²) >= 11 is 18.0. The first-order valence-electron chi connectivity index (χ1n) is 4.65. The molecule has 14 heavy (non-hydrogen) atoms. The highest BCUT2D eigenvalue weighted by atomic mass is 35.5. The van der Waals surface area contributed by atoms with Crippen LogP contribution in [-0.4, -0.2) is 0 Å². The minimum absolute atomic E-state index is 0.00904. The van der Waals surface area contributed by atoms with Crippen molar-refractivity contribution in [2.24, 2.45) is 5.92 Å². The van der Waals surface area contributed by atoms with E-state index in [-0.39, 0.29) is 5.38 Å². The maximum absolute atomic E-state index is 6.28. The lowest BCUT2D eigenvalue weighted by molar-refractivity contribution is 0.542. The lowest BCUT2D eigenvalue weighted by Crippen LogP contribution is -2.02. The van der Waals surface area contributed by atoms with E-state index in [0.29, 0.717) is 16.0 Å². The lowest BCUT2D eigenvalue weighted by Gasteiger charge is -2.16. The van der Waals surface area contributed by atoms with Crippen molar-refractivity contribution in [3.8, 4) is 0 Å². The van der Waals surface area contributed by atoms with Crippen LogP contribution in [0.1, 0.15) is 31.2 Å². The molecule has 78 valence electrons. The quantitative estimate of drug-likeness (QED) is 0.638. The second-order valence-electron chi connectivity index (χ2n) is 3.46. The molecule has 0 radical (unpaired) electrons. The summed E-state index contributed by atoms with van der Waals surface area (Å²) in [5.74, 6) is 0.439. The highest BCUT2D eigenvalue weighted by Gasteiger charge is 2.15. The summed E-state index contributed by atoms with van der Waals surface area (Å²) in [6, 6.07) is 5.56. The monoisotopic (exact) mass is 250 g/mol. The molecule has 3 heteroatoms. The second kappa shape index (κ2) is 5.25. The van der Waals surface area contributed by atoms with Crippen LogP contribution in [0.3, 0.4) is 0 Å². The van der Waals surface area contributed by atoms with Gasteiger partial charge in [0.15, 0.2) is 0 Å². The Morgan fingerprint density at radius 1 is 1.21 bits per heavy atom. The van der Waals surface area contributed by atoms with E-state index in [2.05, 4.69) is 13.8 Å². The van der Waals surface area contributed by atoms with Crippen LogP contribution in [0.15, 0.2) is 18.2 Å². The summed E-state index contributed by atoms with van der Waals surface area (Å²) in [7, 11) is 0. The molecule has 0 amide bonds. The first-order chi connectivity index (χ1) is 6.56. The normalized spacial score (nSPS) is 15.2. The Labute approximate surface area is 100 Å².